The van der Waals surface area contributed by atoms with Gasteiger partial charge in [0.15, 0.2) is 5.78 Å². The molecule has 0 saturated carbocycles. The first kappa shape index (κ1) is 13.1. The van der Waals surface area contributed by atoms with E-state index in [2.05, 4.69) is 15.9 Å². The first-order valence-corrected chi connectivity index (χ1v) is 7.15. The molecule has 0 fully saturated rings. The van der Waals surface area contributed by atoms with Crippen molar-refractivity contribution in [3.8, 4) is 5.75 Å². The van der Waals surface area contributed by atoms with Gasteiger partial charge in [0.25, 0.3) is 0 Å². The zero-order valence-electron chi connectivity index (χ0n) is 11.0. The van der Waals surface area contributed by atoms with Crippen LogP contribution in [0.15, 0.2) is 52.5 Å². The Morgan fingerprint density at radius 1 is 1.20 bits per heavy atom. The average molecular weight is 329 g/mol. The first-order valence-electron chi connectivity index (χ1n) is 6.36. The monoisotopic (exact) mass is 328 g/mol. The largest absolute Gasteiger partial charge is 0.496 e. The molecule has 0 bridgehead atoms. The van der Waals surface area contributed by atoms with E-state index in [0.29, 0.717) is 6.42 Å². The highest BCUT2D eigenvalue weighted by molar-refractivity contribution is 9.10. The van der Waals surface area contributed by atoms with Crippen molar-refractivity contribution in [1.82, 2.24) is 0 Å². The van der Waals surface area contributed by atoms with Crippen molar-refractivity contribution in [2.75, 3.05) is 7.11 Å². The number of ketones is 1. The number of benzene rings is 2. The molecule has 0 amide bonds. The van der Waals surface area contributed by atoms with Crippen molar-refractivity contribution >= 4 is 27.8 Å². The number of rotatable bonds is 2. The van der Waals surface area contributed by atoms with Crippen molar-refractivity contribution in [2.45, 2.75) is 6.42 Å². The molecule has 0 aliphatic heterocycles. The minimum absolute atomic E-state index is 0.114. The van der Waals surface area contributed by atoms with Gasteiger partial charge in [-0.25, -0.2) is 0 Å². The molecule has 3 rings (SSSR count). The molecule has 0 radical (unpaired) electrons. The van der Waals surface area contributed by atoms with Crippen molar-refractivity contribution in [3.05, 3.63) is 69.2 Å². The molecule has 0 N–H and O–H groups in total. The fourth-order valence-corrected chi connectivity index (χ4v) is 2.86. The predicted molar refractivity (Wildman–Crippen MR) is 83.1 cm³/mol. The Labute approximate surface area is 126 Å². The number of carbonyl (C=O) groups is 1. The van der Waals surface area contributed by atoms with Gasteiger partial charge in [0.2, 0.25) is 0 Å². The predicted octanol–water partition coefficient (Wildman–Crippen LogP) is 4.28. The molecule has 2 aromatic carbocycles. The second-order valence-corrected chi connectivity index (χ2v) is 5.63. The van der Waals surface area contributed by atoms with Crippen LogP contribution >= 0.6 is 15.9 Å². The van der Waals surface area contributed by atoms with E-state index in [4.69, 9.17) is 4.74 Å². The van der Waals surface area contributed by atoms with E-state index in [1.807, 2.05) is 48.5 Å². The van der Waals surface area contributed by atoms with Crippen LogP contribution in [-0.4, -0.2) is 12.9 Å². The number of Topliss-reactive ketones (excluding diaryl/α,β-unsaturated/α-hetero) is 1. The zero-order valence-corrected chi connectivity index (χ0v) is 12.6. The van der Waals surface area contributed by atoms with Crippen LogP contribution < -0.4 is 4.74 Å². The summed E-state index contributed by atoms with van der Waals surface area (Å²) < 4.78 is 6.31. The highest BCUT2D eigenvalue weighted by Crippen LogP contribution is 2.31. The topological polar surface area (TPSA) is 26.3 Å². The number of allylic oxidation sites excluding steroid dienone is 1. The minimum Gasteiger partial charge on any atom is -0.496 e. The summed E-state index contributed by atoms with van der Waals surface area (Å²) >= 11 is 3.45. The number of ether oxygens (including phenoxy) is 1. The second-order valence-electron chi connectivity index (χ2n) is 4.72. The van der Waals surface area contributed by atoms with Gasteiger partial charge in [0.1, 0.15) is 5.75 Å². The Balaban J connectivity index is 2.03. The molecule has 2 nitrogen and oxygen atoms in total. The van der Waals surface area contributed by atoms with E-state index in [-0.39, 0.29) is 5.78 Å². The summed E-state index contributed by atoms with van der Waals surface area (Å²) in [6.07, 6.45) is 2.61. The van der Waals surface area contributed by atoms with E-state index in [1.165, 1.54) is 0 Å². The van der Waals surface area contributed by atoms with Crippen molar-refractivity contribution < 1.29 is 9.53 Å². The highest BCUT2D eigenvalue weighted by Gasteiger charge is 2.24. The number of methoxy groups -OCH3 is 1. The Bertz CT molecular complexity index is 717. The van der Waals surface area contributed by atoms with Gasteiger partial charge >= 0.3 is 0 Å². The summed E-state index contributed by atoms with van der Waals surface area (Å²) in [6.45, 7) is 0. The summed E-state index contributed by atoms with van der Waals surface area (Å²) in [7, 11) is 1.64. The number of fused-ring (bicyclic) bond motifs is 1. The number of hydrogen-bond acceptors (Lipinski definition) is 2. The third-order valence-electron chi connectivity index (χ3n) is 3.46. The molecule has 0 saturated heterocycles. The number of hydrogen-bond donors (Lipinski definition) is 0. The van der Waals surface area contributed by atoms with Crippen LogP contribution in [0.1, 0.15) is 21.5 Å². The van der Waals surface area contributed by atoms with Crippen molar-refractivity contribution in [1.29, 1.82) is 0 Å². The van der Waals surface area contributed by atoms with Crippen molar-refractivity contribution in [3.63, 3.8) is 0 Å². The van der Waals surface area contributed by atoms with Gasteiger partial charge in [0.05, 0.1) is 7.11 Å². The third kappa shape index (κ3) is 2.29. The molecule has 20 heavy (non-hydrogen) atoms. The lowest BCUT2D eigenvalue weighted by atomic mass is 10.1. The van der Waals surface area contributed by atoms with Crippen LogP contribution in [0.3, 0.4) is 0 Å². The molecule has 0 spiro atoms. The van der Waals surface area contributed by atoms with Crippen LogP contribution in [0, 0.1) is 0 Å². The molecule has 0 unspecified atom stereocenters. The van der Waals surface area contributed by atoms with Gasteiger partial charge < -0.3 is 4.74 Å². The average Bonchev–Trinajstić information content (AvgIpc) is 2.76. The maximum absolute atomic E-state index is 12.4. The standard InChI is InChI=1S/C17H13BrO2/c1-20-16-7-6-14(18)10-12(16)9-13-8-11-4-2-3-5-15(11)17(13)19/h2-7,9-10H,8H2,1H3/b13-9+. The molecule has 2 aromatic rings. The van der Waals surface area contributed by atoms with Crippen LogP contribution in [0.2, 0.25) is 0 Å². The quantitative estimate of drug-likeness (QED) is 0.769. The van der Waals surface area contributed by atoms with Gasteiger partial charge in [-0.15, -0.1) is 0 Å². The van der Waals surface area contributed by atoms with Crippen LogP contribution in [0.5, 0.6) is 5.75 Å². The van der Waals surface area contributed by atoms with E-state index < -0.39 is 0 Å². The fraction of sp³-hybridized carbons (Fsp3) is 0.118. The molecule has 3 heteroatoms. The molecular formula is C17H13BrO2. The smallest absolute Gasteiger partial charge is 0.189 e. The second kappa shape index (κ2) is 5.25. The third-order valence-corrected chi connectivity index (χ3v) is 3.95. The zero-order chi connectivity index (χ0) is 14.1. The maximum atomic E-state index is 12.4. The molecule has 0 heterocycles. The molecule has 1 aliphatic carbocycles. The molecule has 1 aliphatic rings. The Hall–Kier alpha value is -1.87. The maximum Gasteiger partial charge on any atom is 0.189 e. The summed E-state index contributed by atoms with van der Waals surface area (Å²) in [5, 5.41) is 0. The Morgan fingerprint density at radius 3 is 2.75 bits per heavy atom. The lowest BCUT2D eigenvalue weighted by Crippen LogP contribution is -1.96. The summed E-state index contributed by atoms with van der Waals surface area (Å²) in [5.41, 5.74) is 3.63. The summed E-state index contributed by atoms with van der Waals surface area (Å²) in [4.78, 5) is 12.4. The SMILES string of the molecule is COc1ccc(Br)cc1/C=C1\Cc2ccccc2C1=O. The van der Waals surface area contributed by atoms with E-state index in [0.717, 1.165) is 32.5 Å². The van der Waals surface area contributed by atoms with Gasteiger partial charge in [-0.05, 0) is 29.8 Å². The van der Waals surface area contributed by atoms with E-state index >= 15 is 0 Å². The number of carbonyl (C=O) groups excluding carboxylic acids is 1. The normalized spacial score (nSPS) is 15.5. The van der Waals surface area contributed by atoms with Crippen LogP contribution in [0.25, 0.3) is 6.08 Å². The summed E-state index contributed by atoms with van der Waals surface area (Å²) in [5.74, 6) is 0.882. The fourth-order valence-electron chi connectivity index (χ4n) is 2.48. The lowest BCUT2D eigenvalue weighted by molar-refractivity contribution is 0.104. The lowest BCUT2D eigenvalue weighted by Gasteiger charge is -2.06. The highest BCUT2D eigenvalue weighted by atomic mass is 79.9. The first-order chi connectivity index (χ1) is 9.69. The Morgan fingerprint density at radius 2 is 2.00 bits per heavy atom. The minimum atomic E-state index is 0.114. The molecule has 100 valence electrons. The molecule has 0 atom stereocenters. The molecule has 0 aromatic heterocycles. The van der Waals surface area contributed by atoms with Gasteiger partial charge in [-0.3, -0.25) is 4.79 Å². The van der Waals surface area contributed by atoms with Crippen molar-refractivity contribution in [2.24, 2.45) is 0 Å². The molecular weight excluding hydrogens is 316 g/mol. The number of halogens is 1. The van der Waals surface area contributed by atoms with Gasteiger partial charge in [-0.1, -0.05) is 40.2 Å². The van der Waals surface area contributed by atoms with E-state index in [9.17, 15) is 4.79 Å². The van der Waals surface area contributed by atoms with Gasteiger partial charge in [0, 0.05) is 27.6 Å². The van der Waals surface area contributed by atoms with E-state index in [1.54, 1.807) is 7.11 Å². The summed E-state index contributed by atoms with van der Waals surface area (Å²) in [6, 6.07) is 13.5. The Kier molecular flexibility index (Phi) is 3.45. The van der Waals surface area contributed by atoms with Crippen LogP contribution in [-0.2, 0) is 6.42 Å². The van der Waals surface area contributed by atoms with Gasteiger partial charge in [-0.2, -0.15) is 0 Å². The van der Waals surface area contributed by atoms with Crippen LogP contribution in [0.4, 0.5) is 0 Å².